The van der Waals surface area contributed by atoms with Crippen molar-refractivity contribution in [1.82, 2.24) is 0 Å². The van der Waals surface area contributed by atoms with E-state index in [1.165, 1.54) is 0 Å². The molecule has 1 aromatic carbocycles. The van der Waals surface area contributed by atoms with Gasteiger partial charge < -0.3 is 5.73 Å². The number of carbonyl (C=O) groups is 1. The third kappa shape index (κ3) is 3.22. The molecule has 2 unspecified atom stereocenters. The van der Waals surface area contributed by atoms with E-state index in [0.717, 1.165) is 5.56 Å². The molecule has 0 aliphatic heterocycles. The number of rotatable bonds is 5. The molecule has 84 valence electrons. The van der Waals surface area contributed by atoms with Crippen LogP contribution in [0.1, 0.15) is 31.4 Å². The van der Waals surface area contributed by atoms with Crippen molar-refractivity contribution in [2.24, 2.45) is 11.7 Å². The van der Waals surface area contributed by atoms with E-state index in [0.29, 0.717) is 12.8 Å². The highest BCUT2D eigenvalue weighted by atomic mass is 16.1. The Kier molecular flexibility index (Phi) is 4.75. The van der Waals surface area contributed by atoms with Crippen LogP contribution in [0.25, 0.3) is 0 Å². The molecule has 0 saturated carbocycles. The van der Waals surface area contributed by atoms with Crippen LogP contribution in [0.15, 0.2) is 30.3 Å². The van der Waals surface area contributed by atoms with Crippen molar-refractivity contribution in [3.63, 3.8) is 0 Å². The highest BCUT2D eigenvalue weighted by Crippen LogP contribution is 2.21. The molecule has 16 heavy (non-hydrogen) atoms. The number of Topliss-reactive ketones (excluding diaryl/α,β-unsaturated/α-hetero) is 1. The van der Waals surface area contributed by atoms with Gasteiger partial charge in [0.05, 0.1) is 0 Å². The molecule has 0 amide bonds. The van der Waals surface area contributed by atoms with Crippen LogP contribution in [-0.4, -0.2) is 5.78 Å². The Morgan fingerprint density at radius 1 is 1.44 bits per heavy atom. The van der Waals surface area contributed by atoms with Crippen molar-refractivity contribution in [2.45, 2.75) is 25.8 Å². The molecule has 1 aromatic rings. The van der Waals surface area contributed by atoms with Crippen LogP contribution >= 0.6 is 0 Å². The average molecular weight is 215 g/mol. The maximum absolute atomic E-state index is 11.7. The predicted molar refractivity (Wildman–Crippen MR) is 65.6 cm³/mol. The summed E-state index contributed by atoms with van der Waals surface area (Å²) in [7, 11) is 0. The number of hydrogen-bond acceptors (Lipinski definition) is 2. The van der Waals surface area contributed by atoms with Crippen molar-refractivity contribution in [3.05, 3.63) is 35.9 Å². The lowest BCUT2D eigenvalue weighted by atomic mass is 9.90. The summed E-state index contributed by atoms with van der Waals surface area (Å²) in [6, 6.07) is 9.42. The Morgan fingerprint density at radius 2 is 2.06 bits per heavy atom. The average Bonchev–Trinajstić information content (AvgIpc) is 2.35. The van der Waals surface area contributed by atoms with Crippen molar-refractivity contribution in [2.75, 3.05) is 0 Å². The van der Waals surface area contributed by atoms with Crippen LogP contribution in [0.4, 0.5) is 0 Å². The molecule has 0 heterocycles. The number of nitrogens with two attached hydrogens (primary N) is 1. The molecule has 0 aliphatic rings. The van der Waals surface area contributed by atoms with E-state index in [1.807, 2.05) is 37.3 Å². The van der Waals surface area contributed by atoms with Crippen molar-refractivity contribution >= 4 is 5.78 Å². The van der Waals surface area contributed by atoms with Crippen LogP contribution in [0, 0.1) is 18.3 Å². The zero-order valence-electron chi connectivity index (χ0n) is 9.52. The molecular formula is C14H17NO. The van der Waals surface area contributed by atoms with E-state index >= 15 is 0 Å². The van der Waals surface area contributed by atoms with Crippen LogP contribution in [0.2, 0.25) is 0 Å². The summed E-state index contributed by atoms with van der Waals surface area (Å²) in [5.74, 6) is 2.42. The van der Waals surface area contributed by atoms with Crippen LogP contribution in [-0.2, 0) is 4.79 Å². The van der Waals surface area contributed by atoms with Crippen molar-refractivity contribution in [3.8, 4) is 12.3 Å². The van der Waals surface area contributed by atoms with Gasteiger partial charge in [-0.1, -0.05) is 37.3 Å². The standard InChI is InChI=1S/C14H17NO/c1-3-4-10-13(16)11(2)14(15)12-8-6-5-7-9-12/h1,5-9,11,14H,4,10,15H2,2H3. The van der Waals surface area contributed by atoms with Gasteiger partial charge in [-0.2, -0.15) is 0 Å². The monoisotopic (exact) mass is 215 g/mol. The molecular weight excluding hydrogens is 198 g/mol. The molecule has 2 nitrogen and oxygen atoms in total. The normalized spacial score (nSPS) is 13.8. The molecule has 0 fully saturated rings. The number of terminal acetylenes is 1. The second kappa shape index (κ2) is 6.09. The molecule has 2 N–H and O–H groups in total. The van der Waals surface area contributed by atoms with Gasteiger partial charge >= 0.3 is 0 Å². The summed E-state index contributed by atoms with van der Waals surface area (Å²) in [4.78, 5) is 11.7. The summed E-state index contributed by atoms with van der Waals surface area (Å²) in [5.41, 5.74) is 7.03. The lowest BCUT2D eigenvalue weighted by Gasteiger charge is -2.18. The van der Waals surface area contributed by atoms with E-state index in [2.05, 4.69) is 5.92 Å². The zero-order chi connectivity index (χ0) is 12.0. The number of carbonyl (C=O) groups excluding carboxylic acids is 1. The minimum atomic E-state index is -0.244. The first-order chi connectivity index (χ1) is 7.66. The Labute approximate surface area is 96.9 Å². The fourth-order valence-electron chi connectivity index (χ4n) is 1.59. The van der Waals surface area contributed by atoms with Crippen molar-refractivity contribution < 1.29 is 4.79 Å². The second-order valence-electron chi connectivity index (χ2n) is 3.90. The lowest BCUT2D eigenvalue weighted by Crippen LogP contribution is -2.25. The fourth-order valence-corrected chi connectivity index (χ4v) is 1.59. The molecule has 0 bridgehead atoms. The first-order valence-electron chi connectivity index (χ1n) is 5.43. The smallest absolute Gasteiger partial charge is 0.138 e. The molecule has 0 radical (unpaired) electrons. The third-order valence-corrected chi connectivity index (χ3v) is 2.75. The van der Waals surface area contributed by atoms with Gasteiger partial charge in [-0.15, -0.1) is 12.3 Å². The van der Waals surface area contributed by atoms with Gasteiger partial charge in [0.15, 0.2) is 0 Å². The Balaban J connectivity index is 2.64. The Hall–Kier alpha value is -1.59. The lowest BCUT2D eigenvalue weighted by molar-refractivity contribution is -0.122. The van der Waals surface area contributed by atoms with Gasteiger partial charge in [-0.05, 0) is 5.56 Å². The molecule has 0 spiro atoms. The Bertz CT molecular complexity index is 377. The fraction of sp³-hybridized carbons (Fsp3) is 0.357. The van der Waals surface area contributed by atoms with Crippen LogP contribution in [0.3, 0.4) is 0 Å². The molecule has 0 aromatic heterocycles. The van der Waals surface area contributed by atoms with Gasteiger partial charge in [-0.3, -0.25) is 4.79 Å². The van der Waals surface area contributed by atoms with Crippen LogP contribution in [0.5, 0.6) is 0 Å². The van der Waals surface area contributed by atoms with E-state index in [1.54, 1.807) is 0 Å². The number of hydrogen-bond donors (Lipinski definition) is 1. The second-order valence-corrected chi connectivity index (χ2v) is 3.90. The molecule has 0 saturated heterocycles. The number of ketones is 1. The summed E-state index contributed by atoms with van der Waals surface area (Å²) in [5, 5.41) is 0. The highest BCUT2D eigenvalue weighted by molar-refractivity contribution is 5.81. The summed E-state index contributed by atoms with van der Waals surface area (Å²) in [6.07, 6.45) is 6.04. The van der Waals surface area contributed by atoms with E-state index < -0.39 is 0 Å². The first-order valence-corrected chi connectivity index (χ1v) is 5.43. The first kappa shape index (κ1) is 12.5. The molecule has 2 heteroatoms. The molecule has 2 atom stereocenters. The van der Waals surface area contributed by atoms with E-state index in [-0.39, 0.29) is 17.7 Å². The minimum absolute atomic E-state index is 0.134. The van der Waals surface area contributed by atoms with Gasteiger partial charge in [0.25, 0.3) is 0 Å². The summed E-state index contributed by atoms with van der Waals surface area (Å²) < 4.78 is 0. The predicted octanol–water partition coefficient (Wildman–Crippen LogP) is 2.31. The highest BCUT2D eigenvalue weighted by Gasteiger charge is 2.20. The van der Waals surface area contributed by atoms with Gasteiger partial charge in [0.1, 0.15) is 5.78 Å². The number of benzene rings is 1. The molecule has 1 rings (SSSR count). The Morgan fingerprint density at radius 3 is 2.62 bits per heavy atom. The van der Waals surface area contributed by atoms with E-state index in [4.69, 9.17) is 12.2 Å². The van der Waals surface area contributed by atoms with Crippen LogP contribution < -0.4 is 5.73 Å². The zero-order valence-corrected chi connectivity index (χ0v) is 9.52. The van der Waals surface area contributed by atoms with Gasteiger partial charge in [0, 0.05) is 24.8 Å². The van der Waals surface area contributed by atoms with Crippen molar-refractivity contribution in [1.29, 1.82) is 0 Å². The molecule has 0 aliphatic carbocycles. The third-order valence-electron chi connectivity index (χ3n) is 2.75. The largest absolute Gasteiger partial charge is 0.323 e. The van der Waals surface area contributed by atoms with Gasteiger partial charge in [0.2, 0.25) is 0 Å². The van der Waals surface area contributed by atoms with E-state index in [9.17, 15) is 4.79 Å². The quantitative estimate of drug-likeness (QED) is 0.766. The maximum atomic E-state index is 11.7. The minimum Gasteiger partial charge on any atom is -0.323 e. The maximum Gasteiger partial charge on any atom is 0.138 e. The SMILES string of the molecule is C#CCCC(=O)C(C)C(N)c1ccccc1. The topological polar surface area (TPSA) is 43.1 Å². The van der Waals surface area contributed by atoms with Gasteiger partial charge in [-0.25, -0.2) is 0 Å². The summed E-state index contributed by atoms with van der Waals surface area (Å²) >= 11 is 0. The summed E-state index contributed by atoms with van der Waals surface area (Å²) in [6.45, 7) is 1.86.